The third kappa shape index (κ3) is 5.61. The first-order valence-electron chi connectivity index (χ1n) is 6.61. The summed E-state index contributed by atoms with van der Waals surface area (Å²) in [6.07, 6.45) is 4.49. The van der Waals surface area contributed by atoms with Crippen molar-refractivity contribution >= 4 is 17.3 Å². The normalized spacial score (nSPS) is 10.2. The Morgan fingerprint density at radius 1 is 1.26 bits per heavy atom. The van der Waals surface area contributed by atoms with Crippen LogP contribution in [0.2, 0.25) is 0 Å². The van der Waals surface area contributed by atoms with Crippen molar-refractivity contribution in [2.75, 3.05) is 24.7 Å². The molecule has 0 aromatic heterocycles. The maximum atomic E-state index is 11.8. The van der Waals surface area contributed by atoms with Gasteiger partial charge in [0.1, 0.15) is 5.75 Å². The predicted molar refractivity (Wildman–Crippen MR) is 78.2 cm³/mol. The van der Waals surface area contributed by atoms with E-state index in [0.717, 1.165) is 25.7 Å². The van der Waals surface area contributed by atoms with Crippen molar-refractivity contribution in [3.63, 3.8) is 0 Å². The second kappa shape index (κ2) is 8.37. The predicted octanol–water partition coefficient (Wildman–Crippen LogP) is 2.13. The fourth-order valence-corrected chi connectivity index (χ4v) is 1.77. The fourth-order valence-electron chi connectivity index (χ4n) is 1.77. The van der Waals surface area contributed by atoms with E-state index in [9.17, 15) is 4.79 Å². The molecule has 1 rings (SSSR count). The van der Waals surface area contributed by atoms with Crippen LogP contribution in [0.1, 0.15) is 32.1 Å². The van der Waals surface area contributed by atoms with Gasteiger partial charge in [0.25, 0.3) is 0 Å². The first-order chi connectivity index (χ1) is 9.17. The van der Waals surface area contributed by atoms with Gasteiger partial charge in [0.05, 0.1) is 18.5 Å². The SMILES string of the molecule is COc1ccc(N)c(NC(=O)CCCCCCN)c1. The van der Waals surface area contributed by atoms with E-state index in [4.69, 9.17) is 16.2 Å². The molecule has 0 aliphatic heterocycles. The molecule has 5 nitrogen and oxygen atoms in total. The molecular formula is C14H23N3O2. The number of nitrogen functional groups attached to an aromatic ring is 1. The van der Waals surface area contributed by atoms with Crippen molar-refractivity contribution in [3.05, 3.63) is 18.2 Å². The number of rotatable bonds is 8. The van der Waals surface area contributed by atoms with Crippen molar-refractivity contribution in [2.24, 2.45) is 5.73 Å². The summed E-state index contributed by atoms with van der Waals surface area (Å²) >= 11 is 0. The lowest BCUT2D eigenvalue weighted by Crippen LogP contribution is -2.12. The molecule has 19 heavy (non-hydrogen) atoms. The van der Waals surface area contributed by atoms with E-state index < -0.39 is 0 Å². The van der Waals surface area contributed by atoms with Gasteiger partial charge in [0.2, 0.25) is 5.91 Å². The van der Waals surface area contributed by atoms with Gasteiger partial charge in [-0.3, -0.25) is 4.79 Å². The number of hydrogen-bond acceptors (Lipinski definition) is 4. The Bertz CT molecular complexity index is 408. The Hall–Kier alpha value is -1.75. The van der Waals surface area contributed by atoms with E-state index in [-0.39, 0.29) is 5.91 Å². The summed E-state index contributed by atoms with van der Waals surface area (Å²) in [6, 6.07) is 5.20. The minimum Gasteiger partial charge on any atom is -0.497 e. The molecule has 0 atom stereocenters. The summed E-state index contributed by atoms with van der Waals surface area (Å²) in [4.78, 5) is 11.8. The average molecular weight is 265 g/mol. The number of carbonyl (C=O) groups is 1. The van der Waals surface area contributed by atoms with Gasteiger partial charge in [0.15, 0.2) is 0 Å². The van der Waals surface area contributed by atoms with Crippen molar-refractivity contribution < 1.29 is 9.53 Å². The molecule has 0 aliphatic carbocycles. The number of hydrogen-bond donors (Lipinski definition) is 3. The summed E-state index contributed by atoms with van der Waals surface area (Å²) in [5.41, 5.74) is 12.4. The molecule has 0 fully saturated rings. The van der Waals surface area contributed by atoms with Crippen LogP contribution in [0, 0.1) is 0 Å². The Morgan fingerprint density at radius 2 is 2.00 bits per heavy atom. The summed E-state index contributed by atoms with van der Waals surface area (Å²) in [7, 11) is 1.58. The average Bonchev–Trinajstić information content (AvgIpc) is 2.41. The molecule has 0 aliphatic rings. The van der Waals surface area contributed by atoms with E-state index in [2.05, 4.69) is 5.32 Å². The molecule has 1 amide bonds. The van der Waals surface area contributed by atoms with E-state index in [1.54, 1.807) is 25.3 Å². The molecule has 0 unspecified atom stereocenters. The smallest absolute Gasteiger partial charge is 0.224 e. The van der Waals surface area contributed by atoms with Crippen LogP contribution in [0.5, 0.6) is 5.75 Å². The van der Waals surface area contributed by atoms with Crippen molar-refractivity contribution in [2.45, 2.75) is 32.1 Å². The Kier molecular flexibility index (Phi) is 6.74. The number of carbonyl (C=O) groups excluding carboxylic acids is 1. The van der Waals surface area contributed by atoms with Crippen molar-refractivity contribution in [1.29, 1.82) is 0 Å². The molecule has 0 saturated carbocycles. The van der Waals surface area contributed by atoms with Gasteiger partial charge < -0.3 is 21.5 Å². The monoisotopic (exact) mass is 265 g/mol. The highest BCUT2D eigenvalue weighted by atomic mass is 16.5. The number of benzene rings is 1. The maximum absolute atomic E-state index is 11.8. The third-order valence-electron chi connectivity index (χ3n) is 2.89. The fraction of sp³-hybridized carbons (Fsp3) is 0.500. The highest BCUT2D eigenvalue weighted by Crippen LogP contribution is 2.24. The number of ether oxygens (including phenoxy) is 1. The molecule has 1 aromatic carbocycles. The number of anilines is 2. The molecular weight excluding hydrogens is 242 g/mol. The van der Waals surface area contributed by atoms with Crippen LogP contribution in [-0.2, 0) is 4.79 Å². The number of nitrogens with two attached hydrogens (primary N) is 2. The first kappa shape index (κ1) is 15.3. The second-order valence-electron chi connectivity index (χ2n) is 4.45. The summed E-state index contributed by atoms with van der Waals surface area (Å²) < 4.78 is 5.10. The van der Waals surface area contributed by atoms with Gasteiger partial charge in [-0.2, -0.15) is 0 Å². The largest absolute Gasteiger partial charge is 0.497 e. The summed E-state index contributed by atoms with van der Waals surface area (Å²) in [5.74, 6) is 0.653. The maximum Gasteiger partial charge on any atom is 0.224 e. The Labute approximate surface area is 114 Å². The van der Waals surface area contributed by atoms with E-state index in [1.165, 1.54) is 0 Å². The van der Waals surface area contributed by atoms with Gasteiger partial charge in [-0.05, 0) is 31.5 Å². The number of nitrogens with one attached hydrogen (secondary N) is 1. The zero-order chi connectivity index (χ0) is 14.1. The standard InChI is InChI=1S/C14H23N3O2/c1-19-11-7-8-12(16)13(10-11)17-14(18)6-4-2-3-5-9-15/h7-8,10H,2-6,9,15-16H2,1H3,(H,17,18). The van der Waals surface area contributed by atoms with Crippen LogP contribution >= 0.6 is 0 Å². The zero-order valence-electron chi connectivity index (χ0n) is 11.4. The third-order valence-corrected chi connectivity index (χ3v) is 2.89. The number of amides is 1. The number of unbranched alkanes of at least 4 members (excludes halogenated alkanes) is 3. The second-order valence-corrected chi connectivity index (χ2v) is 4.45. The van der Waals surface area contributed by atoms with Crippen molar-refractivity contribution in [3.8, 4) is 5.75 Å². The lowest BCUT2D eigenvalue weighted by Gasteiger charge is -2.09. The molecule has 0 radical (unpaired) electrons. The van der Waals surface area contributed by atoms with Crippen LogP contribution in [0.15, 0.2) is 18.2 Å². The number of methoxy groups -OCH3 is 1. The highest BCUT2D eigenvalue weighted by molar-refractivity contribution is 5.94. The van der Waals surface area contributed by atoms with Gasteiger partial charge in [-0.1, -0.05) is 12.8 Å². The highest BCUT2D eigenvalue weighted by Gasteiger charge is 2.06. The Balaban J connectivity index is 2.39. The zero-order valence-corrected chi connectivity index (χ0v) is 11.4. The molecule has 1 aromatic rings. The summed E-state index contributed by atoms with van der Waals surface area (Å²) in [5, 5.41) is 2.81. The van der Waals surface area contributed by atoms with Crippen LogP contribution < -0.4 is 21.5 Å². The molecule has 5 N–H and O–H groups in total. The van der Waals surface area contributed by atoms with E-state index in [0.29, 0.717) is 30.1 Å². The topological polar surface area (TPSA) is 90.4 Å². The van der Waals surface area contributed by atoms with E-state index >= 15 is 0 Å². The van der Waals surface area contributed by atoms with Gasteiger partial charge in [-0.25, -0.2) is 0 Å². The molecule has 0 spiro atoms. The molecule has 0 heterocycles. The van der Waals surface area contributed by atoms with Gasteiger partial charge in [0, 0.05) is 12.5 Å². The minimum absolute atomic E-state index is 0.0206. The quantitative estimate of drug-likeness (QED) is 0.496. The van der Waals surface area contributed by atoms with Gasteiger partial charge >= 0.3 is 0 Å². The van der Waals surface area contributed by atoms with Crippen LogP contribution in [0.4, 0.5) is 11.4 Å². The first-order valence-corrected chi connectivity index (χ1v) is 6.61. The lowest BCUT2D eigenvalue weighted by molar-refractivity contribution is -0.116. The minimum atomic E-state index is -0.0206. The van der Waals surface area contributed by atoms with Crippen LogP contribution in [0.3, 0.4) is 0 Å². The molecule has 0 saturated heterocycles. The van der Waals surface area contributed by atoms with Crippen LogP contribution in [0.25, 0.3) is 0 Å². The van der Waals surface area contributed by atoms with Crippen LogP contribution in [-0.4, -0.2) is 19.6 Å². The van der Waals surface area contributed by atoms with Crippen molar-refractivity contribution in [1.82, 2.24) is 0 Å². The molecule has 0 bridgehead atoms. The van der Waals surface area contributed by atoms with Gasteiger partial charge in [-0.15, -0.1) is 0 Å². The molecule has 106 valence electrons. The summed E-state index contributed by atoms with van der Waals surface area (Å²) in [6.45, 7) is 0.715. The van der Waals surface area contributed by atoms with E-state index in [1.807, 2.05) is 0 Å². The molecule has 5 heteroatoms. The Morgan fingerprint density at radius 3 is 2.68 bits per heavy atom. The lowest BCUT2D eigenvalue weighted by atomic mass is 10.1.